The van der Waals surface area contributed by atoms with Gasteiger partial charge in [0.25, 0.3) is 0 Å². The van der Waals surface area contributed by atoms with Crippen LogP contribution in [0.15, 0.2) is 0 Å². The third-order valence-electron chi connectivity index (χ3n) is 0.260. The van der Waals surface area contributed by atoms with Gasteiger partial charge in [0.05, 0.1) is 0 Å². The molecule has 0 aliphatic heterocycles. The monoisotopic (exact) mass is 138 g/mol. The Hall–Kier alpha value is 0.525. The molecule has 1 nitrogen and oxygen atoms in total. The Labute approximate surface area is 46.4 Å². The Morgan fingerprint density at radius 2 is 2.50 bits per heavy atom. The summed E-state index contributed by atoms with van der Waals surface area (Å²) in [5.41, 5.74) is 0. The van der Waals surface area contributed by atoms with E-state index in [4.69, 9.17) is 0 Å². The molecular formula is CH3BOS3. The van der Waals surface area contributed by atoms with Gasteiger partial charge >= 0.3 is 46.0 Å². The molecule has 0 bridgehead atoms. The number of hydrogen-bond acceptors (Lipinski definition) is 2. The van der Waals surface area contributed by atoms with Gasteiger partial charge < -0.3 is 0 Å². The van der Waals surface area contributed by atoms with Crippen molar-refractivity contribution in [1.82, 2.24) is 0 Å². The molecule has 0 aliphatic rings. The summed E-state index contributed by atoms with van der Waals surface area (Å²) in [6.07, 6.45) is 1.55. The summed E-state index contributed by atoms with van der Waals surface area (Å²) in [5.74, 6) is 0. The molecule has 0 aromatic rings. The summed E-state index contributed by atoms with van der Waals surface area (Å²) in [5, 5.41) is 0. The summed E-state index contributed by atoms with van der Waals surface area (Å²) in [7, 11) is -0.00270. The van der Waals surface area contributed by atoms with Crippen molar-refractivity contribution >= 4 is 35.0 Å². The van der Waals surface area contributed by atoms with Crippen molar-refractivity contribution in [2.45, 2.75) is 6.82 Å². The first-order valence-electron chi connectivity index (χ1n) is 1.31. The van der Waals surface area contributed by atoms with Crippen LogP contribution in [0.3, 0.4) is 0 Å². The zero-order valence-electron chi connectivity index (χ0n) is 3.21. The molecule has 0 radical (unpaired) electrons. The Morgan fingerprint density at radius 3 is 2.50 bits per heavy atom. The minimum absolute atomic E-state index is 0.925. The zero-order chi connectivity index (χ0) is 4.99. The van der Waals surface area contributed by atoms with Gasteiger partial charge in [-0.25, -0.2) is 0 Å². The van der Waals surface area contributed by atoms with E-state index in [-0.39, 0.29) is 0 Å². The van der Waals surface area contributed by atoms with Crippen LogP contribution < -0.4 is 0 Å². The van der Waals surface area contributed by atoms with Gasteiger partial charge in [-0.1, -0.05) is 0 Å². The standard InChI is InChI=1S/CH3BOS3/c1-2-6(3)5-4/h1H3. The van der Waals surface area contributed by atoms with Gasteiger partial charge in [0.1, 0.15) is 0 Å². The van der Waals surface area contributed by atoms with Crippen LogP contribution in [0.1, 0.15) is 0 Å². The molecule has 0 aliphatic carbocycles. The van der Waals surface area contributed by atoms with E-state index in [9.17, 15) is 4.21 Å². The Balaban J connectivity index is 4.85. The molecule has 5 heteroatoms. The summed E-state index contributed by atoms with van der Waals surface area (Å²) in [4.78, 5) is 0. The van der Waals surface area contributed by atoms with Gasteiger partial charge in [-0.05, 0) is 0 Å². The minimum atomic E-state index is -0.927. The van der Waals surface area contributed by atoms with Gasteiger partial charge in [-0.3, -0.25) is 0 Å². The maximum atomic E-state index is 10.1. The zero-order valence-corrected chi connectivity index (χ0v) is 5.66. The molecule has 0 saturated carbocycles. The molecule has 0 N–H and O–H groups in total. The molecule has 6 heavy (non-hydrogen) atoms. The molecule has 0 aromatic carbocycles. The van der Waals surface area contributed by atoms with E-state index >= 15 is 0 Å². The van der Waals surface area contributed by atoms with Crippen LogP contribution in [-0.4, -0.2) is 10.4 Å². The van der Waals surface area contributed by atoms with E-state index in [2.05, 4.69) is 11.2 Å². The molecule has 0 heterocycles. The van der Waals surface area contributed by atoms with Gasteiger partial charge in [0.2, 0.25) is 0 Å². The molecular weight excluding hydrogens is 135 g/mol. The first kappa shape index (κ1) is 6.52. The molecule has 0 rings (SSSR count). The van der Waals surface area contributed by atoms with Crippen molar-refractivity contribution in [3.63, 3.8) is 0 Å². The summed E-state index contributed by atoms with van der Waals surface area (Å²) in [6.45, 7) is 1.72. The normalized spacial score (nSPS) is 6.17. The van der Waals surface area contributed by atoms with Crippen LogP contribution in [0.4, 0.5) is 0 Å². The quantitative estimate of drug-likeness (QED) is 0.433. The van der Waals surface area contributed by atoms with Crippen LogP contribution in [0.2, 0.25) is 6.82 Å². The third kappa shape index (κ3) is 2.75. The fraction of sp³-hybridized carbons (Fsp3) is 1.00. The second-order valence-electron chi connectivity index (χ2n) is 0.564. The van der Waals surface area contributed by atoms with Crippen molar-refractivity contribution in [2.75, 3.05) is 0 Å². The van der Waals surface area contributed by atoms with E-state index < -0.39 is 8.79 Å². The van der Waals surface area contributed by atoms with Crippen molar-refractivity contribution in [3.8, 4) is 0 Å². The average molecular weight is 138 g/mol. The maximum absolute atomic E-state index is 10.1. The molecule has 0 amide bonds. The van der Waals surface area contributed by atoms with Gasteiger partial charge in [-0.15, -0.1) is 0 Å². The molecule has 34 valence electrons. The van der Waals surface area contributed by atoms with Crippen LogP contribution >= 0.6 is 0 Å². The van der Waals surface area contributed by atoms with Crippen LogP contribution in [0, 0.1) is 0 Å². The average Bonchev–Trinajstić information content (AvgIpc) is 1.65. The predicted octanol–water partition coefficient (Wildman–Crippen LogP) is -0.138. The van der Waals surface area contributed by atoms with E-state index in [1.807, 2.05) is 0 Å². The number of rotatable bonds is 0. The van der Waals surface area contributed by atoms with E-state index in [1.54, 1.807) is 13.0 Å². The van der Waals surface area contributed by atoms with E-state index in [0.29, 0.717) is 0 Å². The molecule has 0 spiro atoms. The van der Waals surface area contributed by atoms with Crippen LogP contribution in [-0.2, 0) is 28.9 Å². The topological polar surface area (TPSA) is 17.1 Å². The summed E-state index contributed by atoms with van der Waals surface area (Å²) in [6, 6.07) is 0. The predicted molar refractivity (Wildman–Crippen MR) is 34.5 cm³/mol. The SMILES string of the molecule is CB=S(=O)=S=S. The fourth-order valence-corrected chi connectivity index (χ4v) is 1.06. The molecule has 0 saturated heterocycles. The number of hydrogen-bond donors (Lipinski definition) is 0. The summed E-state index contributed by atoms with van der Waals surface area (Å²) < 4.78 is 10.1. The third-order valence-corrected chi connectivity index (χ3v) is 2.97. The molecule has 0 unspecified atom stereocenters. The first-order valence-corrected chi connectivity index (χ1v) is 4.78. The second-order valence-corrected chi connectivity index (χ2v) is 4.31. The van der Waals surface area contributed by atoms with Crippen molar-refractivity contribution in [3.05, 3.63) is 0 Å². The fourth-order valence-electron chi connectivity index (χ4n) is 0.0393. The van der Waals surface area contributed by atoms with Gasteiger partial charge in [-0.2, -0.15) is 0 Å². The van der Waals surface area contributed by atoms with Crippen LogP contribution in [0.25, 0.3) is 0 Å². The second kappa shape index (κ2) is 3.71. The van der Waals surface area contributed by atoms with Gasteiger partial charge in [0.15, 0.2) is 0 Å². The van der Waals surface area contributed by atoms with Crippen molar-refractivity contribution in [2.24, 2.45) is 0 Å². The van der Waals surface area contributed by atoms with Crippen molar-refractivity contribution < 1.29 is 4.21 Å². The molecule has 0 aromatic heterocycles. The van der Waals surface area contributed by atoms with Crippen molar-refractivity contribution in [1.29, 1.82) is 0 Å². The van der Waals surface area contributed by atoms with E-state index in [1.165, 1.54) is 0 Å². The molecule has 0 atom stereocenters. The van der Waals surface area contributed by atoms with E-state index in [0.717, 1.165) is 8.88 Å². The Bertz CT molecular complexity index is 173. The Morgan fingerprint density at radius 1 is 2.00 bits per heavy atom. The van der Waals surface area contributed by atoms with Gasteiger partial charge in [0, 0.05) is 0 Å². The Kier molecular flexibility index (Phi) is 4.03. The van der Waals surface area contributed by atoms with Crippen LogP contribution in [0.5, 0.6) is 0 Å². The summed E-state index contributed by atoms with van der Waals surface area (Å²) >= 11 is 4.36. The molecule has 0 fully saturated rings. The first-order chi connectivity index (χ1) is 2.81.